The monoisotopic (exact) mass is 367 g/mol. The molecule has 0 bridgehead atoms. The van der Waals surface area contributed by atoms with E-state index in [1.807, 2.05) is 58.0 Å². The molecule has 0 amide bonds. The molecule has 0 aliphatic heterocycles. The van der Waals surface area contributed by atoms with Gasteiger partial charge < -0.3 is 9.47 Å². The minimum Gasteiger partial charge on any atom is -0.469 e. The fourth-order valence-corrected chi connectivity index (χ4v) is 3.24. The Kier molecular flexibility index (Phi) is 4.72. The Labute approximate surface area is 158 Å². The van der Waals surface area contributed by atoms with Gasteiger partial charge in [0.2, 0.25) is 0 Å². The molecule has 0 radical (unpaired) electrons. The molecule has 1 heterocycles. The van der Waals surface area contributed by atoms with Crippen molar-refractivity contribution in [3.63, 3.8) is 0 Å². The van der Waals surface area contributed by atoms with Gasteiger partial charge in [-0.25, -0.2) is 9.36 Å². The quantitative estimate of drug-likeness (QED) is 0.587. The Bertz CT molecular complexity index is 1040. The standard InChI is InChI=1S/C22H25NO4/c1-13-7-10-18-17(11-13)16-9-8-15(14(2)20(24)26-6)12-19(16)23(18)21(25)27-22(3,4)5/h7-12,14H,1-6H3. The van der Waals surface area contributed by atoms with Crippen LogP contribution in [0.4, 0.5) is 4.79 Å². The Balaban J connectivity index is 2.28. The first-order valence-corrected chi connectivity index (χ1v) is 8.98. The summed E-state index contributed by atoms with van der Waals surface area (Å²) in [6.45, 7) is 9.33. The van der Waals surface area contributed by atoms with Gasteiger partial charge in [-0.1, -0.05) is 23.8 Å². The lowest BCUT2D eigenvalue weighted by molar-refractivity contribution is -0.141. The van der Waals surface area contributed by atoms with Crippen molar-refractivity contribution < 1.29 is 19.1 Å². The molecule has 0 saturated heterocycles. The van der Waals surface area contributed by atoms with Crippen molar-refractivity contribution >= 4 is 33.9 Å². The highest BCUT2D eigenvalue weighted by Crippen LogP contribution is 2.33. The first-order valence-electron chi connectivity index (χ1n) is 8.98. The molecule has 2 aromatic carbocycles. The van der Waals surface area contributed by atoms with Crippen LogP contribution in [0.15, 0.2) is 36.4 Å². The van der Waals surface area contributed by atoms with Crippen LogP contribution in [0.3, 0.4) is 0 Å². The Morgan fingerprint density at radius 2 is 1.70 bits per heavy atom. The van der Waals surface area contributed by atoms with Crippen LogP contribution >= 0.6 is 0 Å². The van der Waals surface area contributed by atoms with Gasteiger partial charge in [-0.05, 0) is 58.4 Å². The fraction of sp³-hybridized carbons (Fsp3) is 0.364. The maximum Gasteiger partial charge on any atom is 0.419 e. The molecule has 0 N–H and O–H groups in total. The van der Waals surface area contributed by atoms with Crippen molar-refractivity contribution in [1.82, 2.24) is 4.57 Å². The van der Waals surface area contributed by atoms with Gasteiger partial charge in [-0.2, -0.15) is 0 Å². The van der Waals surface area contributed by atoms with Crippen LogP contribution in [0.2, 0.25) is 0 Å². The van der Waals surface area contributed by atoms with Crippen molar-refractivity contribution in [3.8, 4) is 0 Å². The summed E-state index contributed by atoms with van der Waals surface area (Å²) in [4.78, 5) is 24.9. The zero-order valence-corrected chi connectivity index (χ0v) is 16.6. The molecule has 0 fully saturated rings. The summed E-state index contributed by atoms with van der Waals surface area (Å²) in [6.07, 6.45) is -0.436. The Morgan fingerprint density at radius 1 is 1.00 bits per heavy atom. The van der Waals surface area contributed by atoms with Crippen LogP contribution in [0, 0.1) is 6.92 Å². The number of ether oxygens (including phenoxy) is 2. The molecule has 3 rings (SSSR count). The summed E-state index contributed by atoms with van der Waals surface area (Å²) >= 11 is 0. The van der Waals surface area contributed by atoms with E-state index in [1.54, 1.807) is 11.5 Å². The third-order valence-corrected chi connectivity index (χ3v) is 4.58. The van der Waals surface area contributed by atoms with Crippen LogP contribution in [0.25, 0.3) is 21.8 Å². The number of aromatic nitrogens is 1. The van der Waals surface area contributed by atoms with Crippen LogP contribution < -0.4 is 0 Å². The van der Waals surface area contributed by atoms with Gasteiger partial charge in [0.05, 0.1) is 24.1 Å². The van der Waals surface area contributed by atoms with E-state index in [9.17, 15) is 9.59 Å². The summed E-state index contributed by atoms with van der Waals surface area (Å²) < 4.78 is 12.1. The maximum atomic E-state index is 13.0. The summed E-state index contributed by atoms with van der Waals surface area (Å²) in [5.41, 5.74) is 2.80. The fourth-order valence-electron chi connectivity index (χ4n) is 3.24. The minimum absolute atomic E-state index is 0.315. The Hall–Kier alpha value is -2.82. The number of hydrogen-bond donors (Lipinski definition) is 0. The van der Waals surface area contributed by atoms with Gasteiger partial charge in [0.15, 0.2) is 0 Å². The van der Waals surface area contributed by atoms with Crippen molar-refractivity contribution in [2.24, 2.45) is 0 Å². The molecule has 1 atom stereocenters. The van der Waals surface area contributed by atoms with E-state index in [0.29, 0.717) is 0 Å². The summed E-state index contributed by atoms with van der Waals surface area (Å²) in [6, 6.07) is 11.7. The molecule has 27 heavy (non-hydrogen) atoms. The number of nitrogens with zero attached hydrogens (tertiary/aromatic N) is 1. The molecule has 0 saturated carbocycles. The number of benzene rings is 2. The third kappa shape index (κ3) is 3.54. The molecule has 3 aromatic rings. The number of rotatable bonds is 2. The summed E-state index contributed by atoms with van der Waals surface area (Å²) in [7, 11) is 1.37. The van der Waals surface area contributed by atoms with Gasteiger partial charge in [0.1, 0.15) is 5.60 Å². The molecule has 1 aromatic heterocycles. The lowest BCUT2D eigenvalue weighted by atomic mass is 9.99. The molecule has 0 spiro atoms. The number of aryl methyl sites for hydroxylation is 1. The average Bonchev–Trinajstić information content (AvgIpc) is 2.91. The highest BCUT2D eigenvalue weighted by atomic mass is 16.6. The topological polar surface area (TPSA) is 57.5 Å². The van der Waals surface area contributed by atoms with Crippen LogP contribution in [-0.4, -0.2) is 29.3 Å². The second-order valence-electron chi connectivity index (χ2n) is 7.86. The van der Waals surface area contributed by atoms with E-state index in [4.69, 9.17) is 9.47 Å². The van der Waals surface area contributed by atoms with Crippen molar-refractivity contribution in [2.75, 3.05) is 7.11 Å². The SMILES string of the molecule is COC(=O)C(C)c1ccc2c3cc(C)ccc3n(C(=O)OC(C)(C)C)c2c1. The van der Waals surface area contributed by atoms with Crippen LogP contribution in [0.1, 0.15) is 44.7 Å². The maximum absolute atomic E-state index is 13.0. The lowest BCUT2D eigenvalue weighted by Gasteiger charge is -2.20. The second-order valence-corrected chi connectivity index (χ2v) is 7.86. The van der Waals surface area contributed by atoms with E-state index in [1.165, 1.54) is 7.11 Å². The number of hydrogen-bond acceptors (Lipinski definition) is 4. The van der Waals surface area contributed by atoms with E-state index >= 15 is 0 Å². The second kappa shape index (κ2) is 6.72. The van der Waals surface area contributed by atoms with E-state index in [0.717, 1.165) is 32.9 Å². The largest absolute Gasteiger partial charge is 0.469 e. The molecule has 5 heteroatoms. The Morgan fingerprint density at radius 3 is 2.33 bits per heavy atom. The van der Waals surface area contributed by atoms with Gasteiger partial charge >= 0.3 is 12.1 Å². The zero-order valence-electron chi connectivity index (χ0n) is 16.6. The van der Waals surface area contributed by atoms with Crippen molar-refractivity contribution in [2.45, 2.75) is 46.1 Å². The molecular formula is C22H25NO4. The first-order chi connectivity index (χ1) is 12.6. The molecule has 5 nitrogen and oxygen atoms in total. The number of fused-ring (bicyclic) bond motifs is 3. The molecule has 0 aliphatic carbocycles. The van der Waals surface area contributed by atoms with Gasteiger partial charge in [0.25, 0.3) is 0 Å². The van der Waals surface area contributed by atoms with Crippen molar-refractivity contribution in [1.29, 1.82) is 0 Å². The van der Waals surface area contributed by atoms with Gasteiger partial charge in [-0.15, -0.1) is 0 Å². The predicted molar refractivity (Wildman–Crippen MR) is 106 cm³/mol. The highest BCUT2D eigenvalue weighted by Gasteiger charge is 2.24. The highest BCUT2D eigenvalue weighted by molar-refractivity contribution is 6.13. The summed E-state index contributed by atoms with van der Waals surface area (Å²) in [5, 5.41) is 1.92. The number of carbonyl (C=O) groups excluding carboxylic acids is 2. The number of esters is 1. The van der Waals surface area contributed by atoms with E-state index in [2.05, 4.69) is 6.07 Å². The molecular weight excluding hydrogens is 342 g/mol. The molecule has 0 aliphatic rings. The average molecular weight is 367 g/mol. The predicted octanol–water partition coefficient (Wildman–Crippen LogP) is 5.16. The van der Waals surface area contributed by atoms with Crippen LogP contribution in [0.5, 0.6) is 0 Å². The van der Waals surface area contributed by atoms with Crippen molar-refractivity contribution in [3.05, 3.63) is 47.5 Å². The minimum atomic E-state index is -0.610. The smallest absolute Gasteiger partial charge is 0.419 e. The normalized spacial score (nSPS) is 13.0. The van der Waals surface area contributed by atoms with Crippen LogP contribution in [-0.2, 0) is 14.3 Å². The third-order valence-electron chi connectivity index (χ3n) is 4.58. The number of carbonyl (C=O) groups is 2. The zero-order chi connectivity index (χ0) is 19.9. The summed E-state index contributed by atoms with van der Waals surface area (Å²) in [5.74, 6) is -0.739. The number of methoxy groups -OCH3 is 1. The molecule has 142 valence electrons. The first kappa shape index (κ1) is 19.0. The van der Waals surface area contributed by atoms with E-state index < -0.39 is 17.6 Å². The molecule has 1 unspecified atom stereocenters. The lowest BCUT2D eigenvalue weighted by Crippen LogP contribution is -2.27. The van der Waals surface area contributed by atoms with Gasteiger partial charge in [-0.3, -0.25) is 4.79 Å². The van der Waals surface area contributed by atoms with E-state index in [-0.39, 0.29) is 5.97 Å². The van der Waals surface area contributed by atoms with Gasteiger partial charge in [0, 0.05) is 10.8 Å².